The van der Waals surface area contributed by atoms with Gasteiger partial charge >= 0.3 is 0 Å². The van der Waals surface area contributed by atoms with Gasteiger partial charge in [0.25, 0.3) is 11.9 Å². The molecule has 25 heavy (non-hydrogen) atoms. The summed E-state index contributed by atoms with van der Waals surface area (Å²) in [5.74, 6) is 0.793. The van der Waals surface area contributed by atoms with Gasteiger partial charge in [0.05, 0.1) is 33.0 Å². The third kappa shape index (κ3) is 4.32. The summed E-state index contributed by atoms with van der Waals surface area (Å²) >= 11 is 0. The summed E-state index contributed by atoms with van der Waals surface area (Å²) in [4.78, 5) is 12.3. The number of aliphatic hydroxyl groups is 1. The lowest BCUT2D eigenvalue weighted by Gasteiger charge is -2.32. The molecule has 1 aromatic carbocycles. The maximum absolute atomic E-state index is 12.3. The van der Waals surface area contributed by atoms with Gasteiger partial charge in [-0.3, -0.25) is 4.79 Å². The monoisotopic (exact) mass is 347 g/mol. The highest BCUT2D eigenvalue weighted by atomic mass is 16.6. The summed E-state index contributed by atoms with van der Waals surface area (Å²) in [6.07, 6.45) is 0.447. The molecular formula is C18H21NO6. The molecule has 0 saturated carbocycles. The van der Waals surface area contributed by atoms with Crippen LogP contribution in [0.1, 0.15) is 22.5 Å². The van der Waals surface area contributed by atoms with Crippen molar-refractivity contribution < 1.29 is 28.5 Å². The summed E-state index contributed by atoms with van der Waals surface area (Å²) in [7, 11) is 1.47. The number of aliphatic hydroxyl groups excluding tert-OH is 1. The zero-order valence-corrected chi connectivity index (χ0v) is 13.9. The van der Waals surface area contributed by atoms with Crippen molar-refractivity contribution in [1.29, 1.82) is 0 Å². The molecule has 0 aliphatic carbocycles. The van der Waals surface area contributed by atoms with Crippen LogP contribution in [0.25, 0.3) is 0 Å². The Hall–Kier alpha value is -2.51. The van der Waals surface area contributed by atoms with Gasteiger partial charge in [0.1, 0.15) is 11.9 Å². The first-order valence-electron chi connectivity index (χ1n) is 8.08. The molecule has 2 heterocycles. The number of hydrogen-bond acceptors (Lipinski definition) is 6. The Kier molecular flexibility index (Phi) is 5.57. The third-order valence-corrected chi connectivity index (χ3v) is 4.01. The summed E-state index contributed by atoms with van der Waals surface area (Å²) in [6.45, 7) is 0.923. The Bertz CT molecular complexity index is 696. The molecule has 1 fully saturated rings. The van der Waals surface area contributed by atoms with Gasteiger partial charge in [-0.05, 0) is 23.8 Å². The van der Waals surface area contributed by atoms with Crippen LogP contribution in [0.15, 0.2) is 40.8 Å². The van der Waals surface area contributed by atoms with E-state index in [0.29, 0.717) is 25.4 Å². The van der Waals surface area contributed by atoms with Crippen LogP contribution in [0, 0.1) is 0 Å². The summed E-state index contributed by atoms with van der Waals surface area (Å²) in [5.41, 5.74) is 0.816. The molecule has 0 unspecified atom stereocenters. The van der Waals surface area contributed by atoms with Crippen LogP contribution in [-0.2, 0) is 11.3 Å². The number of methoxy groups -OCH3 is 1. The Balaban J connectivity index is 1.64. The first-order valence-corrected chi connectivity index (χ1v) is 8.08. The summed E-state index contributed by atoms with van der Waals surface area (Å²) in [6, 6.07) is 10.1. The predicted octanol–water partition coefficient (Wildman–Crippen LogP) is 1.75. The van der Waals surface area contributed by atoms with Crippen molar-refractivity contribution in [3.8, 4) is 11.7 Å². The van der Waals surface area contributed by atoms with Gasteiger partial charge in [0, 0.05) is 12.5 Å². The minimum absolute atomic E-state index is 0.0111. The van der Waals surface area contributed by atoms with E-state index in [-0.39, 0.29) is 36.4 Å². The van der Waals surface area contributed by atoms with Gasteiger partial charge in [0.2, 0.25) is 0 Å². The molecule has 1 aliphatic heterocycles. The molecule has 2 N–H and O–H groups in total. The van der Waals surface area contributed by atoms with Crippen molar-refractivity contribution in [2.24, 2.45) is 0 Å². The van der Waals surface area contributed by atoms with E-state index in [1.54, 1.807) is 36.4 Å². The van der Waals surface area contributed by atoms with Gasteiger partial charge in [0.15, 0.2) is 5.76 Å². The topological polar surface area (TPSA) is 90.2 Å². The van der Waals surface area contributed by atoms with Crippen LogP contribution in [0.3, 0.4) is 0 Å². The number of carbonyl (C=O) groups is 1. The van der Waals surface area contributed by atoms with Crippen LogP contribution in [0.5, 0.6) is 11.7 Å². The molecule has 2 atom stereocenters. The fourth-order valence-electron chi connectivity index (χ4n) is 2.63. The van der Waals surface area contributed by atoms with Crippen molar-refractivity contribution in [1.82, 2.24) is 5.32 Å². The van der Waals surface area contributed by atoms with E-state index in [1.165, 1.54) is 7.11 Å². The second-order valence-corrected chi connectivity index (χ2v) is 5.72. The van der Waals surface area contributed by atoms with Crippen LogP contribution in [0.2, 0.25) is 0 Å². The van der Waals surface area contributed by atoms with Crippen molar-refractivity contribution in [3.63, 3.8) is 0 Å². The third-order valence-electron chi connectivity index (χ3n) is 4.01. The maximum atomic E-state index is 12.3. The molecule has 1 aliphatic rings. The van der Waals surface area contributed by atoms with Crippen LogP contribution >= 0.6 is 0 Å². The predicted molar refractivity (Wildman–Crippen MR) is 88.7 cm³/mol. The van der Waals surface area contributed by atoms with E-state index in [2.05, 4.69) is 5.32 Å². The molecule has 7 heteroatoms. The molecular weight excluding hydrogens is 326 g/mol. The molecule has 1 amide bonds. The second-order valence-electron chi connectivity index (χ2n) is 5.72. The minimum atomic E-state index is -0.344. The number of benzene rings is 1. The number of furan rings is 1. The number of amides is 1. The van der Waals surface area contributed by atoms with Gasteiger partial charge in [-0.1, -0.05) is 12.1 Å². The molecule has 0 spiro atoms. The molecule has 0 radical (unpaired) electrons. The van der Waals surface area contributed by atoms with Crippen molar-refractivity contribution in [2.45, 2.75) is 25.2 Å². The Labute approximate surface area is 145 Å². The maximum Gasteiger partial charge on any atom is 0.287 e. The van der Waals surface area contributed by atoms with Crippen molar-refractivity contribution >= 4 is 5.91 Å². The molecule has 0 bridgehead atoms. The zero-order chi connectivity index (χ0) is 17.6. The number of ether oxygens (including phenoxy) is 3. The molecule has 7 nitrogen and oxygen atoms in total. The highest BCUT2D eigenvalue weighted by molar-refractivity contribution is 5.91. The van der Waals surface area contributed by atoms with Gasteiger partial charge in [-0.2, -0.15) is 0 Å². The molecule has 1 saturated heterocycles. The van der Waals surface area contributed by atoms with Gasteiger partial charge in [-0.25, -0.2) is 0 Å². The minimum Gasteiger partial charge on any atom is -0.488 e. The Morgan fingerprint density at radius 2 is 2.08 bits per heavy atom. The van der Waals surface area contributed by atoms with Gasteiger partial charge < -0.3 is 29.1 Å². The van der Waals surface area contributed by atoms with Gasteiger partial charge in [-0.15, -0.1) is 0 Å². The lowest BCUT2D eigenvalue weighted by molar-refractivity contribution is -0.00325. The van der Waals surface area contributed by atoms with Crippen molar-refractivity contribution in [3.05, 3.63) is 47.7 Å². The fraction of sp³-hybridized carbons (Fsp3) is 0.389. The van der Waals surface area contributed by atoms with Crippen LogP contribution in [0.4, 0.5) is 0 Å². The first-order chi connectivity index (χ1) is 12.2. The zero-order valence-electron chi connectivity index (χ0n) is 13.9. The van der Waals surface area contributed by atoms with Crippen LogP contribution < -0.4 is 14.8 Å². The smallest absolute Gasteiger partial charge is 0.287 e. The normalized spacial score (nSPS) is 20.1. The number of hydrogen-bond donors (Lipinski definition) is 2. The SMILES string of the molecule is COc1ccc(C(=O)N[C@@H]2COCC[C@H]2Oc2ccc(CO)cc2)o1. The quantitative estimate of drug-likeness (QED) is 0.827. The van der Waals surface area contributed by atoms with E-state index in [0.717, 1.165) is 5.56 Å². The van der Waals surface area contributed by atoms with E-state index >= 15 is 0 Å². The standard InChI is InChI=1S/C18H21NO6/c1-22-17-7-6-16(25-17)18(21)19-14-11-23-9-8-15(14)24-13-4-2-12(10-20)3-5-13/h2-7,14-15,20H,8-11H2,1H3,(H,19,21)/t14-,15-/m1/s1. The lowest BCUT2D eigenvalue weighted by Crippen LogP contribution is -2.51. The largest absolute Gasteiger partial charge is 0.488 e. The van der Waals surface area contributed by atoms with E-state index in [9.17, 15) is 4.79 Å². The highest BCUT2D eigenvalue weighted by Crippen LogP contribution is 2.20. The van der Waals surface area contributed by atoms with E-state index < -0.39 is 0 Å². The first kappa shape index (κ1) is 17.3. The Morgan fingerprint density at radius 3 is 2.76 bits per heavy atom. The molecule has 3 rings (SSSR count). The number of nitrogens with one attached hydrogen (secondary N) is 1. The van der Waals surface area contributed by atoms with E-state index in [4.69, 9.17) is 23.7 Å². The summed E-state index contributed by atoms with van der Waals surface area (Å²) < 4.78 is 21.7. The van der Waals surface area contributed by atoms with E-state index in [1.807, 2.05) is 0 Å². The lowest BCUT2D eigenvalue weighted by atomic mass is 10.1. The molecule has 134 valence electrons. The molecule has 2 aromatic rings. The number of rotatable bonds is 6. The fourth-order valence-corrected chi connectivity index (χ4v) is 2.63. The molecule has 1 aromatic heterocycles. The summed E-state index contributed by atoms with van der Waals surface area (Å²) in [5, 5.41) is 12.0. The van der Waals surface area contributed by atoms with Crippen LogP contribution in [-0.4, -0.2) is 43.5 Å². The number of carbonyl (C=O) groups excluding carboxylic acids is 1. The van der Waals surface area contributed by atoms with Crippen molar-refractivity contribution in [2.75, 3.05) is 20.3 Å². The Morgan fingerprint density at radius 1 is 1.28 bits per heavy atom. The highest BCUT2D eigenvalue weighted by Gasteiger charge is 2.30. The average molecular weight is 347 g/mol. The average Bonchev–Trinajstić information content (AvgIpc) is 3.13. The second kappa shape index (κ2) is 8.04.